The van der Waals surface area contributed by atoms with E-state index in [2.05, 4.69) is 41.3 Å². The summed E-state index contributed by atoms with van der Waals surface area (Å²) in [4.78, 5) is 15.0. The lowest BCUT2D eigenvalue weighted by atomic mass is 9.94. The maximum atomic E-state index is 12.9. The molecule has 0 unspecified atom stereocenters. The van der Waals surface area contributed by atoms with Crippen molar-refractivity contribution in [2.45, 2.75) is 12.8 Å². The first kappa shape index (κ1) is 17.9. The Labute approximate surface area is 177 Å². The summed E-state index contributed by atoms with van der Waals surface area (Å²) in [7, 11) is 0. The van der Waals surface area contributed by atoms with Crippen LogP contribution in [0.2, 0.25) is 0 Å². The molecule has 0 N–H and O–H groups in total. The lowest BCUT2D eigenvalue weighted by Gasteiger charge is -2.27. The molecule has 0 saturated carbocycles. The second-order valence-electron chi connectivity index (χ2n) is 7.80. The third-order valence-electron chi connectivity index (χ3n) is 6.06. The van der Waals surface area contributed by atoms with Crippen LogP contribution in [0, 0.1) is 0 Å². The van der Waals surface area contributed by atoms with Crippen molar-refractivity contribution < 1.29 is 9.15 Å². The zero-order valence-electron chi connectivity index (χ0n) is 16.5. The first-order chi connectivity index (χ1) is 14.8. The fraction of sp³-hybridized carbons (Fsp3) is 0.240. The van der Waals surface area contributed by atoms with E-state index in [4.69, 9.17) is 9.15 Å². The van der Waals surface area contributed by atoms with Gasteiger partial charge in [0, 0.05) is 33.8 Å². The van der Waals surface area contributed by atoms with Crippen molar-refractivity contribution in [3.8, 4) is 0 Å². The van der Waals surface area contributed by atoms with Crippen LogP contribution in [-0.2, 0) is 11.2 Å². The molecule has 4 nitrogen and oxygen atoms in total. The Kier molecular flexibility index (Phi) is 4.25. The first-order valence-corrected chi connectivity index (χ1v) is 11.2. The van der Waals surface area contributed by atoms with Crippen molar-refractivity contribution in [3.63, 3.8) is 0 Å². The lowest BCUT2D eigenvalue weighted by molar-refractivity contribution is 0.121. The van der Waals surface area contributed by atoms with Crippen molar-refractivity contribution in [2.24, 2.45) is 0 Å². The van der Waals surface area contributed by atoms with Gasteiger partial charge in [-0.05, 0) is 41.7 Å². The van der Waals surface area contributed by atoms with E-state index >= 15 is 0 Å². The molecule has 150 valence electrons. The van der Waals surface area contributed by atoms with Crippen LogP contribution in [0.15, 0.2) is 51.7 Å². The van der Waals surface area contributed by atoms with E-state index in [0.29, 0.717) is 30.1 Å². The molecule has 5 heteroatoms. The Morgan fingerprint density at radius 2 is 1.97 bits per heavy atom. The summed E-state index contributed by atoms with van der Waals surface area (Å²) in [6.45, 7) is 2.78. The van der Waals surface area contributed by atoms with Gasteiger partial charge in [0.25, 0.3) is 0 Å². The number of rotatable bonds is 2. The standard InChI is InChI=1S/C25H21NO3S/c27-21-15-23(26-11-13-28-14-12-26)29-24-17(6-3-9-20(21)24)19-8-4-7-18-16-5-1-2-10-22(16)30-25(18)19/h1-4,6-7,9-10,15H,5,8,11-14H2. The minimum absolute atomic E-state index is 0.00905. The normalized spacial score (nSPS) is 17.7. The zero-order valence-corrected chi connectivity index (χ0v) is 17.3. The number of para-hydroxylation sites is 1. The van der Waals surface area contributed by atoms with Crippen LogP contribution < -0.4 is 19.4 Å². The molecule has 0 amide bonds. The van der Waals surface area contributed by atoms with Crippen LogP contribution in [0.25, 0.3) is 28.7 Å². The summed E-state index contributed by atoms with van der Waals surface area (Å²) >= 11 is 1.84. The number of thiophene rings is 1. The van der Waals surface area contributed by atoms with Gasteiger partial charge in [-0.25, -0.2) is 0 Å². The van der Waals surface area contributed by atoms with Crippen LogP contribution in [0.1, 0.15) is 23.1 Å². The minimum Gasteiger partial charge on any atom is -0.440 e. The van der Waals surface area contributed by atoms with E-state index < -0.39 is 0 Å². The minimum atomic E-state index is 0.00905. The molecule has 0 spiro atoms. The van der Waals surface area contributed by atoms with Crippen molar-refractivity contribution in [1.82, 2.24) is 0 Å². The van der Waals surface area contributed by atoms with Gasteiger partial charge in [0.15, 0.2) is 11.3 Å². The molecule has 0 atom stereocenters. The van der Waals surface area contributed by atoms with Crippen molar-refractivity contribution in [3.05, 3.63) is 78.5 Å². The quantitative estimate of drug-likeness (QED) is 0.645. The maximum Gasteiger partial charge on any atom is 0.200 e. The summed E-state index contributed by atoms with van der Waals surface area (Å²) in [5.74, 6) is 0.637. The number of fused-ring (bicyclic) bond motifs is 4. The van der Waals surface area contributed by atoms with Gasteiger partial charge in [0.1, 0.15) is 5.58 Å². The second kappa shape index (κ2) is 7.11. The van der Waals surface area contributed by atoms with Gasteiger partial charge in [-0.3, -0.25) is 4.79 Å². The second-order valence-corrected chi connectivity index (χ2v) is 8.85. The molecule has 0 bridgehead atoms. The molecule has 2 aromatic heterocycles. The number of morpholine rings is 1. The van der Waals surface area contributed by atoms with E-state index in [9.17, 15) is 4.79 Å². The first-order valence-electron chi connectivity index (χ1n) is 10.4. The SMILES string of the molecule is O=c1cc(N2CCOCC2)oc2c(C3=c4sc5c(c4C=CC3)CC=CC=5)cccc12. The molecule has 6 rings (SSSR count). The number of nitrogens with zero attached hydrogens (tertiary/aromatic N) is 1. The van der Waals surface area contributed by atoms with E-state index in [1.165, 1.54) is 25.8 Å². The Hall–Kier alpha value is -2.89. The molecule has 1 saturated heterocycles. The van der Waals surface area contributed by atoms with Crippen LogP contribution in [0.4, 0.5) is 5.88 Å². The monoisotopic (exact) mass is 415 g/mol. The summed E-state index contributed by atoms with van der Waals surface area (Å²) in [6, 6.07) is 7.55. The third-order valence-corrected chi connectivity index (χ3v) is 7.33. The number of hydrogen-bond acceptors (Lipinski definition) is 5. The van der Waals surface area contributed by atoms with Gasteiger partial charge >= 0.3 is 0 Å². The third kappa shape index (κ3) is 2.81. The average Bonchev–Trinajstić information content (AvgIpc) is 3.18. The predicted molar refractivity (Wildman–Crippen MR) is 123 cm³/mol. The van der Waals surface area contributed by atoms with E-state index in [1.54, 1.807) is 6.07 Å². The zero-order chi connectivity index (χ0) is 20.1. The van der Waals surface area contributed by atoms with Gasteiger partial charge in [0.05, 0.1) is 18.6 Å². The number of benzene rings is 1. The summed E-state index contributed by atoms with van der Waals surface area (Å²) in [5, 5.41) is 0.641. The van der Waals surface area contributed by atoms with Gasteiger partial charge in [-0.1, -0.05) is 36.4 Å². The highest BCUT2D eigenvalue weighted by Gasteiger charge is 2.20. The van der Waals surface area contributed by atoms with Gasteiger partial charge in [0.2, 0.25) is 0 Å². The predicted octanol–water partition coefficient (Wildman–Crippen LogP) is 3.20. The molecule has 30 heavy (non-hydrogen) atoms. The fourth-order valence-corrected chi connectivity index (χ4v) is 5.85. The van der Waals surface area contributed by atoms with Crippen molar-refractivity contribution in [2.75, 3.05) is 31.2 Å². The van der Waals surface area contributed by atoms with Crippen LogP contribution >= 0.6 is 11.3 Å². The fourth-order valence-electron chi connectivity index (χ4n) is 4.54. The van der Waals surface area contributed by atoms with E-state index in [1.807, 2.05) is 23.5 Å². The summed E-state index contributed by atoms with van der Waals surface area (Å²) < 4.78 is 14.5. The highest BCUT2D eigenvalue weighted by atomic mass is 32.1. The van der Waals surface area contributed by atoms with Gasteiger partial charge in [-0.2, -0.15) is 0 Å². The molecule has 3 heterocycles. The largest absolute Gasteiger partial charge is 0.440 e. The lowest BCUT2D eigenvalue weighted by Crippen LogP contribution is -2.36. The van der Waals surface area contributed by atoms with E-state index in [-0.39, 0.29) is 5.43 Å². The highest BCUT2D eigenvalue weighted by Crippen LogP contribution is 2.30. The van der Waals surface area contributed by atoms with Crippen LogP contribution in [0.5, 0.6) is 0 Å². The number of anilines is 1. The van der Waals surface area contributed by atoms with Crippen molar-refractivity contribution in [1.29, 1.82) is 0 Å². The Bertz CT molecular complexity index is 1400. The average molecular weight is 416 g/mol. The van der Waals surface area contributed by atoms with Crippen molar-refractivity contribution >= 4 is 45.9 Å². The number of hydrogen-bond donors (Lipinski definition) is 0. The Balaban J connectivity index is 1.61. The molecule has 1 aromatic carbocycles. The molecule has 2 aliphatic carbocycles. The summed E-state index contributed by atoms with van der Waals surface area (Å²) in [6.07, 6.45) is 12.8. The van der Waals surface area contributed by atoms with Gasteiger partial charge < -0.3 is 14.1 Å². The molecular weight excluding hydrogens is 394 g/mol. The molecule has 1 fully saturated rings. The topological polar surface area (TPSA) is 42.7 Å². The molecule has 0 radical (unpaired) electrons. The number of allylic oxidation sites excluding steroid dienone is 3. The summed E-state index contributed by atoms with van der Waals surface area (Å²) in [5.41, 5.74) is 5.69. The number of ether oxygens (including phenoxy) is 1. The van der Waals surface area contributed by atoms with Crippen LogP contribution in [-0.4, -0.2) is 26.3 Å². The smallest absolute Gasteiger partial charge is 0.200 e. The molecule has 3 aliphatic rings. The Morgan fingerprint density at radius 3 is 2.87 bits per heavy atom. The maximum absolute atomic E-state index is 12.9. The van der Waals surface area contributed by atoms with E-state index in [0.717, 1.165) is 31.5 Å². The highest BCUT2D eigenvalue weighted by molar-refractivity contribution is 7.08. The Morgan fingerprint density at radius 1 is 1.07 bits per heavy atom. The van der Waals surface area contributed by atoms with Gasteiger partial charge in [-0.15, -0.1) is 11.3 Å². The van der Waals surface area contributed by atoms with Crippen LogP contribution in [0.3, 0.4) is 0 Å². The molecule has 3 aromatic rings. The molecule has 1 aliphatic heterocycles. The molecular formula is C25H21NO3S.